The van der Waals surface area contributed by atoms with Crippen molar-refractivity contribution >= 4 is 22.5 Å². The van der Waals surface area contributed by atoms with Gasteiger partial charge in [-0.3, -0.25) is 0 Å². The van der Waals surface area contributed by atoms with E-state index in [0.717, 1.165) is 54.8 Å². The lowest BCUT2D eigenvalue weighted by molar-refractivity contribution is 0.522. The van der Waals surface area contributed by atoms with E-state index in [2.05, 4.69) is 43.1 Å². The van der Waals surface area contributed by atoms with Gasteiger partial charge >= 0.3 is 0 Å². The molecular formula is C19H21FN6. The van der Waals surface area contributed by atoms with Gasteiger partial charge in [0.25, 0.3) is 0 Å². The van der Waals surface area contributed by atoms with E-state index in [1.54, 1.807) is 12.4 Å². The van der Waals surface area contributed by atoms with Gasteiger partial charge in [-0.25, -0.2) is 24.3 Å². The third-order valence-corrected chi connectivity index (χ3v) is 4.83. The second-order valence-corrected chi connectivity index (χ2v) is 6.51. The summed E-state index contributed by atoms with van der Waals surface area (Å²) in [6, 6.07) is 6.94. The summed E-state index contributed by atoms with van der Waals surface area (Å²) >= 11 is 0. The van der Waals surface area contributed by atoms with Crippen molar-refractivity contribution in [2.24, 2.45) is 0 Å². The molecule has 0 amide bonds. The lowest BCUT2D eigenvalue weighted by atomic mass is 10.0. The van der Waals surface area contributed by atoms with Crippen LogP contribution in [0.2, 0.25) is 0 Å². The maximum absolute atomic E-state index is 13.6. The van der Waals surface area contributed by atoms with Crippen LogP contribution in [-0.4, -0.2) is 39.1 Å². The molecule has 0 bridgehead atoms. The molecule has 0 saturated carbocycles. The van der Waals surface area contributed by atoms with Crippen LogP contribution in [0.5, 0.6) is 0 Å². The second-order valence-electron chi connectivity index (χ2n) is 6.51. The summed E-state index contributed by atoms with van der Waals surface area (Å²) in [6.07, 6.45) is 5.99. The molecule has 134 valence electrons. The largest absolute Gasteiger partial charge is 0.367 e. The molecule has 1 N–H and O–H groups in total. The Hall–Kier alpha value is -2.83. The lowest BCUT2D eigenvalue weighted by Crippen LogP contribution is -2.39. The number of hydrogen-bond acceptors (Lipinski definition) is 6. The van der Waals surface area contributed by atoms with Crippen molar-refractivity contribution in [2.75, 3.05) is 23.3 Å². The molecule has 0 aliphatic carbocycles. The van der Waals surface area contributed by atoms with Gasteiger partial charge in [0.05, 0.1) is 5.52 Å². The minimum absolute atomic E-state index is 0.277. The normalized spacial score (nSPS) is 15.4. The van der Waals surface area contributed by atoms with Crippen LogP contribution in [0.1, 0.15) is 25.5 Å². The van der Waals surface area contributed by atoms with E-state index >= 15 is 0 Å². The van der Waals surface area contributed by atoms with Gasteiger partial charge in [-0.1, -0.05) is 6.92 Å². The maximum Gasteiger partial charge on any atom is 0.137 e. The fourth-order valence-corrected chi connectivity index (χ4v) is 3.34. The van der Waals surface area contributed by atoms with Crippen molar-refractivity contribution in [3.63, 3.8) is 0 Å². The van der Waals surface area contributed by atoms with Gasteiger partial charge in [-0.2, -0.15) is 0 Å². The molecule has 2 aromatic heterocycles. The Balaban J connectivity index is 1.45. The van der Waals surface area contributed by atoms with Crippen LogP contribution in [0.25, 0.3) is 10.9 Å². The molecular weight excluding hydrogens is 331 g/mol. The summed E-state index contributed by atoms with van der Waals surface area (Å²) in [7, 11) is 0. The first-order valence-electron chi connectivity index (χ1n) is 8.95. The zero-order valence-corrected chi connectivity index (χ0v) is 14.7. The average molecular weight is 352 g/mol. The molecule has 1 aliphatic heterocycles. The van der Waals surface area contributed by atoms with Crippen LogP contribution in [0.15, 0.2) is 36.9 Å². The number of nitrogens with one attached hydrogen (secondary N) is 1. The molecule has 3 aromatic rings. The van der Waals surface area contributed by atoms with Gasteiger partial charge in [0.2, 0.25) is 0 Å². The number of fused-ring (bicyclic) bond motifs is 1. The van der Waals surface area contributed by atoms with Crippen LogP contribution >= 0.6 is 0 Å². The molecule has 1 fully saturated rings. The topological polar surface area (TPSA) is 66.8 Å². The molecule has 0 spiro atoms. The predicted octanol–water partition coefficient (Wildman–Crippen LogP) is 3.20. The molecule has 1 aromatic carbocycles. The highest BCUT2D eigenvalue weighted by atomic mass is 19.1. The Morgan fingerprint density at radius 3 is 2.69 bits per heavy atom. The van der Waals surface area contributed by atoms with Crippen LogP contribution < -0.4 is 10.2 Å². The number of hydrogen-bond donors (Lipinski definition) is 1. The fraction of sp³-hybridized carbons (Fsp3) is 0.368. The summed E-state index contributed by atoms with van der Waals surface area (Å²) in [5.41, 5.74) is 1.80. The van der Waals surface area contributed by atoms with Gasteiger partial charge in [0.1, 0.15) is 30.1 Å². The van der Waals surface area contributed by atoms with Crippen LogP contribution in [0.4, 0.5) is 16.0 Å². The Bertz CT molecular complexity index is 907. The second kappa shape index (κ2) is 7.19. The average Bonchev–Trinajstić information content (AvgIpc) is 2.69. The SMILES string of the molecule is CCc1cc(N2CCC(Nc3ncnc4ccc(F)cc34)CC2)ncn1. The summed E-state index contributed by atoms with van der Waals surface area (Å²) in [6.45, 7) is 3.92. The third-order valence-electron chi connectivity index (χ3n) is 4.83. The van der Waals surface area contributed by atoms with Crippen molar-refractivity contribution in [3.05, 3.63) is 48.4 Å². The molecule has 0 radical (unpaired) electrons. The van der Waals surface area contributed by atoms with Crippen molar-refractivity contribution in [3.8, 4) is 0 Å². The minimum atomic E-state index is -0.277. The van der Waals surface area contributed by atoms with E-state index in [0.29, 0.717) is 11.9 Å². The van der Waals surface area contributed by atoms with Crippen LogP contribution in [0, 0.1) is 5.82 Å². The summed E-state index contributed by atoms with van der Waals surface area (Å²) in [5.74, 6) is 1.41. The summed E-state index contributed by atoms with van der Waals surface area (Å²) < 4.78 is 13.6. The molecule has 1 aliphatic rings. The lowest BCUT2D eigenvalue weighted by Gasteiger charge is -2.33. The number of benzene rings is 1. The number of aromatic nitrogens is 4. The van der Waals surface area contributed by atoms with Crippen molar-refractivity contribution in [1.82, 2.24) is 19.9 Å². The summed E-state index contributed by atoms with van der Waals surface area (Å²) in [5, 5.41) is 4.19. The zero-order chi connectivity index (χ0) is 17.9. The molecule has 0 unspecified atom stereocenters. The zero-order valence-electron chi connectivity index (χ0n) is 14.7. The van der Waals surface area contributed by atoms with Crippen molar-refractivity contribution in [2.45, 2.75) is 32.2 Å². The van der Waals surface area contributed by atoms with Gasteiger partial charge in [-0.05, 0) is 37.5 Å². The monoisotopic (exact) mass is 352 g/mol. The smallest absolute Gasteiger partial charge is 0.137 e. The number of halogens is 1. The Kier molecular flexibility index (Phi) is 4.60. The van der Waals surface area contributed by atoms with Crippen LogP contribution in [0.3, 0.4) is 0 Å². The Morgan fingerprint density at radius 1 is 1.08 bits per heavy atom. The molecule has 1 saturated heterocycles. The number of anilines is 2. The first-order chi connectivity index (χ1) is 12.7. The first kappa shape index (κ1) is 16.6. The van der Waals surface area contributed by atoms with Gasteiger partial charge < -0.3 is 10.2 Å². The van der Waals surface area contributed by atoms with Gasteiger partial charge in [0.15, 0.2) is 0 Å². The number of aryl methyl sites for hydroxylation is 1. The third kappa shape index (κ3) is 3.42. The van der Waals surface area contributed by atoms with Gasteiger partial charge in [0, 0.05) is 36.3 Å². The van der Waals surface area contributed by atoms with E-state index in [9.17, 15) is 4.39 Å². The number of rotatable bonds is 4. The van der Waals surface area contributed by atoms with E-state index in [4.69, 9.17) is 0 Å². The first-order valence-corrected chi connectivity index (χ1v) is 8.95. The van der Waals surface area contributed by atoms with E-state index in [1.807, 2.05) is 0 Å². The Morgan fingerprint density at radius 2 is 1.88 bits per heavy atom. The van der Waals surface area contributed by atoms with E-state index in [-0.39, 0.29) is 5.82 Å². The van der Waals surface area contributed by atoms with Gasteiger partial charge in [-0.15, -0.1) is 0 Å². The minimum Gasteiger partial charge on any atom is -0.367 e. The highest BCUT2D eigenvalue weighted by Crippen LogP contribution is 2.24. The van der Waals surface area contributed by atoms with E-state index < -0.39 is 0 Å². The number of nitrogens with zero attached hydrogens (tertiary/aromatic N) is 5. The highest BCUT2D eigenvalue weighted by Gasteiger charge is 2.21. The molecule has 7 heteroatoms. The highest BCUT2D eigenvalue weighted by molar-refractivity contribution is 5.88. The van der Waals surface area contributed by atoms with Crippen LogP contribution in [-0.2, 0) is 6.42 Å². The fourth-order valence-electron chi connectivity index (χ4n) is 3.34. The summed E-state index contributed by atoms with van der Waals surface area (Å²) in [4.78, 5) is 19.5. The molecule has 3 heterocycles. The maximum atomic E-state index is 13.6. The molecule has 4 rings (SSSR count). The molecule has 6 nitrogen and oxygen atoms in total. The van der Waals surface area contributed by atoms with Crippen molar-refractivity contribution < 1.29 is 4.39 Å². The predicted molar refractivity (Wildman–Crippen MR) is 99.8 cm³/mol. The van der Waals surface area contributed by atoms with E-state index in [1.165, 1.54) is 18.5 Å². The quantitative estimate of drug-likeness (QED) is 0.778. The molecule has 26 heavy (non-hydrogen) atoms. The standard InChI is InChI=1S/C19H21FN6/c1-2-14-10-18(23-11-21-14)26-7-5-15(6-8-26)25-19-16-9-13(20)3-4-17(16)22-12-24-19/h3-4,9-12,15H,2,5-8H2,1H3,(H,22,24,25). The Labute approximate surface area is 151 Å². The molecule has 0 atom stereocenters. The van der Waals surface area contributed by atoms with Crippen molar-refractivity contribution in [1.29, 1.82) is 0 Å². The number of piperidine rings is 1.